The smallest absolute Gasteiger partial charge is 0.0787 e. The van der Waals surface area contributed by atoms with Gasteiger partial charge in [0, 0.05) is 0 Å². The lowest BCUT2D eigenvalue weighted by molar-refractivity contribution is 0.333. The quantitative estimate of drug-likeness (QED) is 0.529. The van der Waals surface area contributed by atoms with Crippen LogP contribution in [-0.4, -0.2) is 7.11 Å². The van der Waals surface area contributed by atoms with Crippen molar-refractivity contribution in [3.05, 3.63) is 12.3 Å². The summed E-state index contributed by atoms with van der Waals surface area (Å²) < 4.78 is 4.78. The van der Waals surface area contributed by atoms with E-state index in [0.29, 0.717) is 5.92 Å². The van der Waals surface area contributed by atoms with E-state index in [-0.39, 0.29) is 0 Å². The number of methoxy groups -OCH3 is 1. The molecule has 0 heterocycles. The lowest BCUT2D eigenvalue weighted by Gasteiger charge is -2.00. The van der Waals surface area contributed by atoms with Crippen LogP contribution in [0.25, 0.3) is 0 Å². The van der Waals surface area contributed by atoms with E-state index >= 15 is 0 Å². The fourth-order valence-corrected chi connectivity index (χ4v) is 0.764. The highest BCUT2D eigenvalue weighted by atomic mass is 16.5. The summed E-state index contributed by atoms with van der Waals surface area (Å²) in [4.78, 5) is 0. The van der Waals surface area contributed by atoms with E-state index in [1.807, 2.05) is 0 Å². The van der Waals surface area contributed by atoms with Crippen LogP contribution in [0.5, 0.6) is 0 Å². The predicted octanol–water partition coefficient (Wildman–Crippen LogP) is 2.58. The van der Waals surface area contributed by atoms with Crippen molar-refractivity contribution in [1.82, 2.24) is 0 Å². The fourth-order valence-electron chi connectivity index (χ4n) is 0.764. The molecule has 0 aliphatic carbocycles. The van der Waals surface area contributed by atoms with Gasteiger partial charge in [-0.2, -0.15) is 0 Å². The summed E-state index contributed by atoms with van der Waals surface area (Å²) in [6.07, 6.45) is 6.33. The van der Waals surface area contributed by atoms with Crippen molar-refractivity contribution in [3.8, 4) is 0 Å². The van der Waals surface area contributed by atoms with E-state index in [1.54, 1.807) is 13.4 Å². The molecule has 0 aliphatic heterocycles. The van der Waals surface area contributed by atoms with Crippen LogP contribution in [0.1, 0.15) is 26.7 Å². The Hall–Kier alpha value is -0.460. The van der Waals surface area contributed by atoms with Crippen LogP contribution in [0.4, 0.5) is 0 Å². The predicted molar refractivity (Wildman–Crippen MR) is 40.2 cm³/mol. The maximum Gasteiger partial charge on any atom is 0.0787 e. The van der Waals surface area contributed by atoms with Crippen LogP contribution < -0.4 is 0 Å². The summed E-state index contributed by atoms with van der Waals surface area (Å²) in [5.74, 6) is 0.662. The van der Waals surface area contributed by atoms with Gasteiger partial charge in [0.1, 0.15) is 0 Å². The first-order valence-corrected chi connectivity index (χ1v) is 3.50. The van der Waals surface area contributed by atoms with Gasteiger partial charge in [-0.1, -0.05) is 20.3 Å². The van der Waals surface area contributed by atoms with E-state index in [1.165, 1.54) is 12.8 Å². The van der Waals surface area contributed by atoms with E-state index in [0.717, 1.165) is 0 Å². The van der Waals surface area contributed by atoms with Gasteiger partial charge < -0.3 is 4.74 Å². The monoisotopic (exact) mass is 128 g/mol. The second kappa shape index (κ2) is 5.67. The molecule has 0 saturated carbocycles. The first-order valence-electron chi connectivity index (χ1n) is 3.50. The lowest BCUT2D eigenvalue weighted by Crippen LogP contribution is -1.86. The summed E-state index contributed by atoms with van der Waals surface area (Å²) >= 11 is 0. The van der Waals surface area contributed by atoms with E-state index in [4.69, 9.17) is 4.74 Å². The third-order valence-electron chi connectivity index (χ3n) is 1.29. The van der Waals surface area contributed by atoms with Crippen molar-refractivity contribution in [3.63, 3.8) is 0 Å². The Balaban J connectivity index is 3.25. The molecule has 0 aromatic rings. The van der Waals surface area contributed by atoms with Gasteiger partial charge in [0.25, 0.3) is 0 Å². The zero-order chi connectivity index (χ0) is 7.11. The van der Waals surface area contributed by atoms with E-state index in [2.05, 4.69) is 19.9 Å². The molecule has 1 unspecified atom stereocenters. The Kier molecular flexibility index (Phi) is 5.38. The van der Waals surface area contributed by atoms with Crippen molar-refractivity contribution < 1.29 is 4.74 Å². The Morgan fingerprint density at radius 1 is 1.56 bits per heavy atom. The van der Waals surface area contributed by atoms with Crippen molar-refractivity contribution in [1.29, 1.82) is 0 Å². The molecule has 0 fully saturated rings. The number of hydrogen-bond donors (Lipinski definition) is 0. The van der Waals surface area contributed by atoms with Gasteiger partial charge in [0.15, 0.2) is 0 Å². The zero-order valence-corrected chi connectivity index (χ0v) is 6.55. The van der Waals surface area contributed by atoms with Crippen LogP contribution >= 0.6 is 0 Å². The molecule has 0 bridgehead atoms. The Morgan fingerprint density at radius 3 is 2.67 bits per heavy atom. The van der Waals surface area contributed by atoms with Gasteiger partial charge in [-0.3, -0.25) is 0 Å². The maximum absolute atomic E-state index is 4.78. The molecule has 0 N–H and O–H groups in total. The zero-order valence-electron chi connectivity index (χ0n) is 6.55. The summed E-state index contributed by atoms with van der Waals surface area (Å²) in [5.41, 5.74) is 0. The van der Waals surface area contributed by atoms with Gasteiger partial charge in [0.05, 0.1) is 13.4 Å². The molecule has 0 aromatic carbocycles. The van der Waals surface area contributed by atoms with Crippen LogP contribution in [0, 0.1) is 5.92 Å². The molecule has 0 rings (SSSR count). The minimum atomic E-state index is 0.662. The van der Waals surface area contributed by atoms with E-state index in [9.17, 15) is 0 Å². The van der Waals surface area contributed by atoms with E-state index < -0.39 is 0 Å². The highest BCUT2D eigenvalue weighted by molar-refractivity contribution is 4.79. The van der Waals surface area contributed by atoms with Crippen molar-refractivity contribution in [2.24, 2.45) is 5.92 Å². The molecular weight excluding hydrogens is 112 g/mol. The first kappa shape index (κ1) is 8.54. The summed E-state index contributed by atoms with van der Waals surface area (Å²) in [6, 6.07) is 0. The third-order valence-corrected chi connectivity index (χ3v) is 1.29. The first-order chi connectivity index (χ1) is 4.31. The number of allylic oxidation sites excluding steroid dienone is 1. The minimum Gasteiger partial charge on any atom is -0.505 e. The summed E-state index contributed by atoms with van der Waals surface area (Å²) in [5, 5.41) is 0. The molecule has 0 saturated heterocycles. The van der Waals surface area contributed by atoms with Crippen LogP contribution in [0.15, 0.2) is 12.3 Å². The maximum atomic E-state index is 4.78. The summed E-state index contributed by atoms with van der Waals surface area (Å²) in [6.45, 7) is 4.39. The number of hydrogen-bond acceptors (Lipinski definition) is 1. The van der Waals surface area contributed by atoms with Crippen LogP contribution in [0.3, 0.4) is 0 Å². The largest absolute Gasteiger partial charge is 0.505 e. The molecule has 0 aromatic heterocycles. The van der Waals surface area contributed by atoms with Crippen LogP contribution in [0.2, 0.25) is 0 Å². The lowest BCUT2D eigenvalue weighted by atomic mass is 10.1. The molecule has 1 atom stereocenters. The highest BCUT2D eigenvalue weighted by Crippen LogP contribution is 2.05. The molecule has 0 spiro atoms. The van der Waals surface area contributed by atoms with Crippen LogP contribution in [-0.2, 0) is 4.74 Å². The average molecular weight is 128 g/mol. The number of ether oxygens (including phenoxy) is 1. The van der Waals surface area contributed by atoms with Crippen molar-refractivity contribution in [2.75, 3.05) is 7.11 Å². The van der Waals surface area contributed by atoms with Crippen molar-refractivity contribution in [2.45, 2.75) is 26.7 Å². The molecule has 0 radical (unpaired) electrons. The minimum absolute atomic E-state index is 0.662. The Labute approximate surface area is 57.7 Å². The second-order valence-electron chi connectivity index (χ2n) is 2.33. The van der Waals surface area contributed by atoms with Gasteiger partial charge in [-0.15, -0.1) is 0 Å². The van der Waals surface area contributed by atoms with Crippen molar-refractivity contribution >= 4 is 0 Å². The SMILES string of the molecule is CCCC(C)/C=C/OC. The topological polar surface area (TPSA) is 9.23 Å². The molecule has 1 nitrogen and oxygen atoms in total. The average Bonchev–Trinajstić information content (AvgIpc) is 1.85. The van der Waals surface area contributed by atoms with Gasteiger partial charge in [0.2, 0.25) is 0 Å². The molecule has 9 heavy (non-hydrogen) atoms. The Morgan fingerprint density at radius 2 is 2.22 bits per heavy atom. The Bertz CT molecular complexity index is 76.6. The molecule has 1 heteroatoms. The van der Waals surface area contributed by atoms with Gasteiger partial charge in [-0.25, -0.2) is 0 Å². The highest BCUT2D eigenvalue weighted by Gasteiger charge is 1.91. The summed E-state index contributed by atoms with van der Waals surface area (Å²) in [7, 11) is 1.68. The fraction of sp³-hybridized carbons (Fsp3) is 0.750. The third kappa shape index (κ3) is 5.41. The number of rotatable bonds is 4. The van der Waals surface area contributed by atoms with Gasteiger partial charge in [-0.05, 0) is 18.4 Å². The normalized spacial score (nSPS) is 14.1. The molecule has 54 valence electrons. The standard InChI is InChI=1S/C8H16O/c1-4-5-8(2)6-7-9-3/h6-8H,4-5H2,1-3H3/b7-6+. The molecule has 0 aliphatic rings. The second-order valence-corrected chi connectivity index (χ2v) is 2.33. The molecule has 0 amide bonds. The van der Waals surface area contributed by atoms with Gasteiger partial charge >= 0.3 is 0 Å². The molecular formula is C8H16O.